The van der Waals surface area contributed by atoms with Gasteiger partial charge in [-0.3, -0.25) is 9.59 Å². The zero-order valence-corrected chi connectivity index (χ0v) is 16.4. The molecule has 1 atom stereocenters. The van der Waals surface area contributed by atoms with E-state index in [1.165, 1.54) is 18.4 Å². The number of nitrogens with zero attached hydrogens (tertiary/aromatic N) is 1. The van der Waals surface area contributed by atoms with Gasteiger partial charge in [-0.1, -0.05) is 6.07 Å². The lowest BCUT2D eigenvalue weighted by atomic mass is 9.88. The quantitative estimate of drug-likeness (QED) is 0.886. The van der Waals surface area contributed by atoms with Crippen molar-refractivity contribution in [1.82, 2.24) is 10.2 Å². The van der Waals surface area contributed by atoms with Gasteiger partial charge in [0, 0.05) is 25.2 Å². The van der Waals surface area contributed by atoms with E-state index in [1.54, 1.807) is 0 Å². The van der Waals surface area contributed by atoms with Crippen LogP contribution in [0, 0.1) is 19.8 Å². The third kappa shape index (κ3) is 4.03. The molecule has 1 aliphatic carbocycles. The van der Waals surface area contributed by atoms with Crippen LogP contribution >= 0.6 is 0 Å². The SMILES string of the molecule is Cc1ccc(C(=O)N2CCC3(CCC(C(=O)NCC4CC4)O3)CC2)cc1C. The van der Waals surface area contributed by atoms with Crippen molar-refractivity contribution in [2.75, 3.05) is 19.6 Å². The molecule has 1 saturated carbocycles. The first kappa shape index (κ1) is 18.5. The lowest BCUT2D eigenvalue weighted by Gasteiger charge is -2.39. The molecule has 0 bridgehead atoms. The monoisotopic (exact) mass is 370 g/mol. The molecule has 1 N–H and O–H groups in total. The van der Waals surface area contributed by atoms with Gasteiger partial charge in [0.1, 0.15) is 6.10 Å². The van der Waals surface area contributed by atoms with Crippen LogP contribution in [0.15, 0.2) is 18.2 Å². The zero-order valence-electron chi connectivity index (χ0n) is 16.4. The van der Waals surface area contributed by atoms with E-state index in [0.29, 0.717) is 19.0 Å². The van der Waals surface area contributed by atoms with Crippen LogP contribution in [0.25, 0.3) is 0 Å². The number of piperidine rings is 1. The maximum Gasteiger partial charge on any atom is 0.253 e. The number of benzene rings is 1. The molecular weight excluding hydrogens is 340 g/mol. The largest absolute Gasteiger partial charge is 0.362 e. The average molecular weight is 370 g/mol. The highest BCUT2D eigenvalue weighted by atomic mass is 16.5. The Labute approximate surface area is 161 Å². The van der Waals surface area contributed by atoms with Crippen LogP contribution in [-0.2, 0) is 9.53 Å². The number of likely N-dealkylation sites (tertiary alicyclic amines) is 1. The normalized spacial score (nSPS) is 24.2. The summed E-state index contributed by atoms with van der Waals surface area (Å²) < 4.78 is 6.22. The van der Waals surface area contributed by atoms with E-state index in [-0.39, 0.29) is 23.5 Å². The van der Waals surface area contributed by atoms with Crippen molar-refractivity contribution in [3.05, 3.63) is 34.9 Å². The third-order valence-corrected chi connectivity index (χ3v) is 6.52. The molecule has 3 aliphatic rings. The highest BCUT2D eigenvalue weighted by Crippen LogP contribution is 2.39. The van der Waals surface area contributed by atoms with Crippen LogP contribution in [0.2, 0.25) is 0 Å². The maximum absolute atomic E-state index is 12.8. The molecule has 2 heterocycles. The lowest BCUT2D eigenvalue weighted by Crippen LogP contribution is -2.47. The smallest absolute Gasteiger partial charge is 0.253 e. The molecule has 0 radical (unpaired) electrons. The fourth-order valence-electron chi connectivity index (χ4n) is 4.22. The molecule has 0 aromatic heterocycles. The van der Waals surface area contributed by atoms with Crippen LogP contribution in [0.5, 0.6) is 0 Å². The van der Waals surface area contributed by atoms with Crippen LogP contribution in [0.1, 0.15) is 60.0 Å². The first-order chi connectivity index (χ1) is 13.0. The summed E-state index contributed by atoms with van der Waals surface area (Å²) in [5, 5.41) is 3.04. The third-order valence-electron chi connectivity index (χ3n) is 6.52. The van der Waals surface area contributed by atoms with Crippen LogP contribution in [0.4, 0.5) is 0 Å². The van der Waals surface area contributed by atoms with Gasteiger partial charge in [0.15, 0.2) is 0 Å². The molecule has 2 saturated heterocycles. The summed E-state index contributed by atoms with van der Waals surface area (Å²) >= 11 is 0. The van der Waals surface area contributed by atoms with Gasteiger partial charge in [0.2, 0.25) is 5.91 Å². The summed E-state index contributed by atoms with van der Waals surface area (Å²) in [4.78, 5) is 27.1. The second kappa shape index (κ2) is 7.27. The van der Waals surface area contributed by atoms with E-state index >= 15 is 0 Å². The number of carbonyl (C=O) groups excluding carboxylic acids is 2. The van der Waals surface area contributed by atoms with Crippen molar-refractivity contribution in [2.24, 2.45) is 5.92 Å². The van der Waals surface area contributed by atoms with Crippen LogP contribution in [0.3, 0.4) is 0 Å². The molecule has 1 unspecified atom stereocenters. The number of hydrogen-bond acceptors (Lipinski definition) is 3. The number of carbonyl (C=O) groups is 2. The summed E-state index contributed by atoms with van der Waals surface area (Å²) in [7, 11) is 0. The minimum absolute atomic E-state index is 0.0485. The number of aryl methyl sites for hydroxylation is 2. The van der Waals surface area contributed by atoms with Gasteiger partial charge in [-0.05, 0) is 81.5 Å². The Kier molecular flexibility index (Phi) is 4.97. The Bertz CT molecular complexity index is 733. The molecular formula is C22H30N2O3. The molecule has 1 spiro atoms. The summed E-state index contributed by atoms with van der Waals surface area (Å²) in [6.07, 6.45) is 5.50. The molecule has 2 aliphatic heterocycles. The maximum atomic E-state index is 12.8. The minimum Gasteiger partial charge on any atom is -0.362 e. The highest BCUT2D eigenvalue weighted by Gasteiger charge is 2.45. The highest BCUT2D eigenvalue weighted by molar-refractivity contribution is 5.94. The number of amides is 2. The Morgan fingerprint density at radius 3 is 2.52 bits per heavy atom. The number of rotatable bonds is 4. The fourth-order valence-corrected chi connectivity index (χ4v) is 4.22. The molecule has 1 aromatic carbocycles. The van der Waals surface area contributed by atoms with E-state index in [4.69, 9.17) is 4.74 Å². The number of nitrogens with one attached hydrogen (secondary N) is 1. The number of ether oxygens (including phenoxy) is 1. The Morgan fingerprint density at radius 1 is 1.11 bits per heavy atom. The van der Waals surface area contributed by atoms with Gasteiger partial charge in [-0.2, -0.15) is 0 Å². The van der Waals surface area contributed by atoms with Crippen molar-refractivity contribution in [3.8, 4) is 0 Å². The average Bonchev–Trinajstić information content (AvgIpc) is 3.42. The minimum atomic E-state index is -0.314. The molecule has 5 heteroatoms. The zero-order chi connectivity index (χ0) is 19.0. The molecule has 4 rings (SSSR count). The summed E-state index contributed by atoms with van der Waals surface area (Å²) in [5.74, 6) is 0.834. The van der Waals surface area contributed by atoms with Crippen molar-refractivity contribution in [2.45, 2.75) is 64.1 Å². The second-order valence-electron chi connectivity index (χ2n) is 8.61. The van der Waals surface area contributed by atoms with Crippen molar-refractivity contribution >= 4 is 11.8 Å². The molecule has 3 fully saturated rings. The summed E-state index contributed by atoms with van der Waals surface area (Å²) in [5.41, 5.74) is 2.89. The first-order valence-corrected chi connectivity index (χ1v) is 10.3. The van der Waals surface area contributed by atoms with Gasteiger partial charge in [-0.25, -0.2) is 0 Å². The number of hydrogen-bond donors (Lipinski definition) is 1. The lowest BCUT2D eigenvalue weighted by molar-refractivity contribution is -0.140. The van der Waals surface area contributed by atoms with Crippen molar-refractivity contribution < 1.29 is 14.3 Å². The van der Waals surface area contributed by atoms with Crippen LogP contribution < -0.4 is 5.32 Å². The van der Waals surface area contributed by atoms with Crippen molar-refractivity contribution in [3.63, 3.8) is 0 Å². The van der Waals surface area contributed by atoms with Crippen molar-refractivity contribution in [1.29, 1.82) is 0 Å². The molecule has 27 heavy (non-hydrogen) atoms. The van der Waals surface area contributed by atoms with E-state index in [0.717, 1.165) is 43.4 Å². The molecule has 5 nitrogen and oxygen atoms in total. The van der Waals surface area contributed by atoms with E-state index < -0.39 is 0 Å². The van der Waals surface area contributed by atoms with E-state index in [2.05, 4.69) is 12.2 Å². The van der Waals surface area contributed by atoms with Gasteiger partial charge >= 0.3 is 0 Å². The predicted octanol–water partition coefficient (Wildman–Crippen LogP) is 2.98. The van der Waals surface area contributed by atoms with E-state index in [1.807, 2.05) is 30.0 Å². The Morgan fingerprint density at radius 2 is 1.85 bits per heavy atom. The first-order valence-electron chi connectivity index (χ1n) is 10.3. The van der Waals surface area contributed by atoms with Gasteiger partial charge in [-0.15, -0.1) is 0 Å². The second-order valence-corrected chi connectivity index (χ2v) is 8.61. The summed E-state index contributed by atoms with van der Waals surface area (Å²) in [6, 6.07) is 5.91. The fraction of sp³-hybridized carbons (Fsp3) is 0.636. The van der Waals surface area contributed by atoms with Gasteiger partial charge in [0.25, 0.3) is 5.91 Å². The predicted molar refractivity (Wildman–Crippen MR) is 104 cm³/mol. The summed E-state index contributed by atoms with van der Waals surface area (Å²) in [6.45, 7) is 6.29. The molecule has 1 aromatic rings. The molecule has 2 amide bonds. The Balaban J connectivity index is 1.31. The van der Waals surface area contributed by atoms with E-state index in [9.17, 15) is 9.59 Å². The standard InChI is InChI=1S/C22H30N2O3/c1-15-3-6-18(13-16(15)2)21(26)24-11-9-22(10-12-24)8-7-19(27-22)20(25)23-14-17-4-5-17/h3,6,13,17,19H,4-5,7-12,14H2,1-2H3,(H,23,25). The Hall–Kier alpha value is -1.88. The van der Waals surface area contributed by atoms with Crippen LogP contribution in [-0.4, -0.2) is 48.1 Å². The molecule has 146 valence electrons. The van der Waals surface area contributed by atoms with Gasteiger partial charge in [0.05, 0.1) is 5.60 Å². The topological polar surface area (TPSA) is 58.6 Å². The van der Waals surface area contributed by atoms with Gasteiger partial charge < -0.3 is 15.0 Å².